The van der Waals surface area contributed by atoms with Crippen LogP contribution >= 0.6 is 121 Å². The molecule has 612 valence electrons. The van der Waals surface area contributed by atoms with E-state index in [4.69, 9.17) is 95.7 Å². The normalized spacial score (nSPS) is 32.9. The molecule has 23 atom stereocenters. The van der Waals surface area contributed by atoms with Crippen LogP contribution < -0.4 is 0 Å². The van der Waals surface area contributed by atoms with E-state index in [9.17, 15) is 0 Å². The number of nitrogens with zero attached hydrogens (tertiary/aromatic N) is 4. The van der Waals surface area contributed by atoms with Gasteiger partial charge in [-0.25, -0.2) is 0 Å². The predicted octanol–water partition coefficient (Wildman–Crippen LogP) is 33.6. The zero-order valence-electron chi connectivity index (χ0n) is 70.3. The van der Waals surface area contributed by atoms with Crippen molar-refractivity contribution in [2.75, 3.05) is 6.54 Å². The molecule has 0 aromatic heterocycles. The summed E-state index contributed by atoms with van der Waals surface area (Å²) in [5, 5.41) is 23.4. The number of allylic oxidation sites excluding steroid dienone is 8. The molecule has 110 heavy (non-hydrogen) atoms. The van der Waals surface area contributed by atoms with Gasteiger partial charge in [0.15, 0.2) is 0 Å². The van der Waals surface area contributed by atoms with Gasteiger partial charge >= 0.3 is 143 Å². The van der Waals surface area contributed by atoms with Gasteiger partial charge in [-0.15, -0.1) is 94.5 Å². The molecule has 4 aromatic carbocycles. The Balaban J connectivity index is 0.000000247. The van der Waals surface area contributed by atoms with Crippen LogP contribution in [-0.4, -0.2) is 45.7 Å². The van der Waals surface area contributed by atoms with Gasteiger partial charge in [-0.2, -0.15) is 0 Å². The van der Waals surface area contributed by atoms with E-state index < -0.39 is 68.1 Å². The van der Waals surface area contributed by atoms with Crippen molar-refractivity contribution < 1.29 is 68.1 Å². The van der Waals surface area contributed by atoms with Crippen LogP contribution in [0, 0.1) is 107 Å². The number of benzene rings is 4. The summed E-state index contributed by atoms with van der Waals surface area (Å²) in [5.41, 5.74) is 24.1. The summed E-state index contributed by atoms with van der Waals surface area (Å²) in [6.45, 7) is 48.8. The fraction of sp³-hybridized carbons (Fsp3) is 0.600. The standard InChI is InChI=1S/C23H32NS.C22H30NS.C21H28NS.C20H26NS.4CH3.8ClH.4Ti/c1-12(2)19-11-10-17-8-7-9-18(22(17)24-19)21-14(4)13(3)20-15(5)16(6)25-23(20)21;1-6-17-11-10-16-8-7-9-18(21(16)23-17)20-13(3)12(2)19-14(4)15(5)24-22(19)20;1-11-9-10-16-7-6-8-17(20(16)22-11)19-13(3)12(2)18-14(4)15(5)23-21(18)19;1-11-12(2)18(20-17(11)13(3)14(4)22-20)16-9-5-7-15-8-6-10-21-19(15)16;;;;;;;;;;;;;;;;/h7-9,12-14,19-21,23H,10-11H2,1-6H3;7-9,12-13,17,19-20,22H,6,10-11H2,1-5H3;6-8,11-13,18-19,21H,9-10H2,1-5H3;5,7,9,11-12,17-18,20H,6,8,10H2,1-4H3;4*1H3;8*1H;;;;/q8*-1;;;;;;;;;4*+2/p-8. The molecule has 0 N–H and O–H groups in total. The molecule has 20 heteroatoms. The first kappa shape index (κ1) is 102. The van der Waals surface area contributed by atoms with Crippen molar-refractivity contribution in [2.24, 2.45) is 76.9 Å². The third kappa shape index (κ3) is 22.2. The molecule has 12 aliphatic rings. The second-order valence-corrected chi connectivity index (χ2v) is 48.7. The summed E-state index contributed by atoms with van der Waals surface area (Å²) in [4.78, 5) is 6.28. The number of aryl methyl sites for hydroxylation is 4. The van der Waals surface area contributed by atoms with E-state index in [1.54, 1.807) is 58.6 Å². The average molecular weight is 1870 g/mol. The third-order valence-electron chi connectivity index (χ3n) is 27.6. The van der Waals surface area contributed by atoms with Crippen LogP contribution in [0.25, 0.3) is 21.3 Å². The van der Waals surface area contributed by atoms with Crippen molar-refractivity contribution in [1.82, 2.24) is 0 Å². The van der Waals surface area contributed by atoms with Gasteiger partial charge in [0, 0.05) is 21.0 Å². The van der Waals surface area contributed by atoms with Gasteiger partial charge in [-0.05, 0) is 195 Å². The summed E-state index contributed by atoms with van der Waals surface area (Å²) in [5.74, 6) is 12.3. The zero-order valence-corrected chi connectivity index (χ0v) is 85.9. The fourth-order valence-electron chi connectivity index (χ4n) is 21.0. The van der Waals surface area contributed by atoms with Crippen LogP contribution in [0.1, 0.15) is 239 Å². The molecular weight excluding hydrogens is 1740 g/mol. The molecule has 0 bridgehead atoms. The van der Waals surface area contributed by atoms with Crippen LogP contribution in [0.2, 0.25) is 0 Å². The SMILES string of the molecule is CC1=C(C)C2C(C)C(C)C(c3cccc4c3[N-]C(C(C)C)CC4)C2S1.CC1=C(C)C2C(C)C(C)C(c3cccc4c3[N-]C(C)CC4)C2S1.CC1=C(C)C2C(C)C(C)C(c3cccc4c3[N-]CCC4)C2S1.CCC1CCc2cccc(C3C(C)C(C)C4C(C)=C(C)SC43)c2[N-]1.[CH3-].[CH3-].[CH3-].[CH3-].[Cl][Ti][Cl].[Cl][Ti][Cl].[Cl][Ti][Cl].[Cl][Ti][Cl]. The van der Waals surface area contributed by atoms with Gasteiger partial charge in [0.25, 0.3) is 0 Å². The predicted molar refractivity (Wildman–Crippen MR) is 488 cm³/mol. The maximum absolute atomic E-state index is 5.28. The molecule has 4 nitrogen and oxygen atoms in total. The number of halogens is 8. The maximum atomic E-state index is 5.28. The summed E-state index contributed by atoms with van der Waals surface area (Å²) in [6.07, 6.45) is 10.8. The second kappa shape index (κ2) is 47.3. The Morgan fingerprint density at radius 3 is 0.955 bits per heavy atom. The Morgan fingerprint density at radius 2 is 0.636 bits per heavy atom. The summed E-state index contributed by atoms with van der Waals surface area (Å²) in [7, 11) is 39.1. The van der Waals surface area contributed by atoms with E-state index in [0.717, 1.165) is 93.3 Å². The van der Waals surface area contributed by atoms with Crippen molar-refractivity contribution >= 4 is 144 Å². The Kier molecular flexibility index (Phi) is 43.9. The van der Waals surface area contributed by atoms with Crippen LogP contribution in [-0.2, 0) is 93.8 Å². The van der Waals surface area contributed by atoms with Crippen LogP contribution in [0.5, 0.6) is 0 Å². The Morgan fingerprint density at radius 1 is 0.364 bits per heavy atom. The van der Waals surface area contributed by atoms with Gasteiger partial charge < -0.3 is 51.0 Å². The van der Waals surface area contributed by atoms with Gasteiger partial charge in [0.05, 0.1) is 0 Å². The second-order valence-electron chi connectivity index (χ2n) is 32.8. The average Bonchev–Trinajstić information content (AvgIpc) is 1.60. The molecule has 4 aliphatic carbocycles. The van der Waals surface area contributed by atoms with Crippen molar-refractivity contribution in [3.8, 4) is 0 Å². The summed E-state index contributed by atoms with van der Waals surface area (Å²) in [6, 6.07) is 29.4. The third-order valence-corrected chi connectivity index (χ3v) is 33.7. The molecule has 4 saturated carbocycles. The van der Waals surface area contributed by atoms with E-state index in [1.165, 1.54) is 108 Å². The van der Waals surface area contributed by atoms with Crippen LogP contribution in [0.3, 0.4) is 0 Å². The quantitative estimate of drug-likeness (QED) is 0.143. The van der Waals surface area contributed by atoms with Crippen molar-refractivity contribution in [3.05, 3.63) is 210 Å². The van der Waals surface area contributed by atoms with Crippen molar-refractivity contribution in [1.29, 1.82) is 0 Å². The molecule has 0 radical (unpaired) electrons. The van der Waals surface area contributed by atoms with E-state index >= 15 is 0 Å². The van der Waals surface area contributed by atoms with E-state index in [0.29, 0.717) is 53.0 Å². The molecule has 0 amide bonds. The number of rotatable bonds is 6. The Hall–Kier alpha value is 1.62. The molecular formula is C90H128Cl8N4S4Ti4-8. The van der Waals surface area contributed by atoms with E-state index in [-0.39, 0.29) is 29.7 Å². The van der Waals surface area contributed by atoms with Crippen molar-refractivity contribution in [3.63, 3.8) is 0 Å². The number of hydrogen-bond acceptors (Lipinski definition) is 4. The van der Waals surface area contributed by atoms with Gasteiger partial charge in [0.1, 0.15) is 0 Å². The molecule has 8 heterocycles. The van der Waals surface area contributed by atoms with Gasteiger partial charge in [-0.3, -0.25) is 0 Å². The first-order valence-corrected chi connectivity index (χ1v) is 59.9. The number of fused-ring (bicyclic) bond motifs is 8. The first-order chi connectivity index (χ1) is 50.7. The Labute approximate surface area is 755 Å². The molecule has 0 spiro atoms. The molecule has 4 aromatic rings. The minimum atomic E-state index is -0.556. The molecule has 16 rings (SSSR count). The van der Waals surface area contributed by atoms with Crippen LogP contribution in [0.4, 0.5) is 22.7 Å². The number of thioether (sulfide) groups is 4. The monoisotopic (exact) mass is 1860 g/mol. The number of hydrogen-bond donors (Lipinski definition) is 0. The van der Waals surface area contributed by atoms with Crippen LogP contribution in [0.15, 0.2) is 115 Å². The van der Waals surface area contributed by atoms with E-state index in [1.807, 2.05) is 0 Å². The molecule has 8 aliphatic heterocycles. The minimum absolute atomic E-state index is 0. The first-order valence-electron chi connectivity index (χ1n) is 39.1. The Bertz CT molecular complexity index is 3740. The molecule has 0 saturated heterocycles. The summed E-state index contributed by atoms with van der Waals surface area (Å²) >= 11 is 6.37. The summed E-state index contributed by atoms with van der Waals surface area (Å²) < 4.78 is 0. The molecule has 4 fully saturated rings. The van der Waals surface area contributed by atoms with Gasteiger partial charge in [0.2, 0.25) is 0 Å². The van der Waals surface area contributed by atoms with Gasteiger partial charge in [-0.1, -0.05) is 261 Å². The number of para-hydroxylation sites is 4. The zero-order chi connectivity index (χ0) is 77.4. The molecule has 23 unspecified atom stereocenters. The topological polar surface area (TPSA) is 56.4 Å². The van der Waals surface area contributed by atoms with E-state index in [2.05, 4.69) is 258 Å². The fourth-order valence-corrected chi connectivity index (χ4v) is 28.5. The van der Waals surface area contributed by atoms with Crippen molar-refractivity contribution in [2.45, 2.75) is 259 Å².